The van der Waals surface area contributed by atoms with Gasteiger partial charge in [-0.3, -0.25) is 9.59 Å². The molecule has 1 aromatic heterocycles. The maximum absolute atomic E-state index is 12.5. The highest BCUT2D eigenvalue weighted by Crippen LogP contribution is 2.19. The van der Waals surface area contributed by atoms with Gasteiger partial charge in [-0.25, -0.2) is 9.97 Å². The average Bonchev–Trinajstić information content (AvgIpc) is 2.72. The van der Waals surface area contributed by atoms with E-state index in [1.54, 1.807) is 24.3 Å². The summed E-state index contributed by atoms with van der Waals surface area (Å²) in [4.78, 5) is 34.4. The highest BCUT2D eigenvalue weighted by molar-refractivity contribution is 5.83. The van der Waals surface area contributed by atoms with Crippen molar-refractivity contribution in [1.82, 2.24) is 20.2 Å². The van der Waals surface area contributed by atoms with Gasteiger partial charge in [0.15, 0.2) is 0 Å². The fraction of sp³-hybridized carbons (Fsp3) is 0.400. The molecule has 7 heteroatoms. The lowest BCUT2D eigenvalue weighted by atomic mass is 9.96. The zero-order valence-electron chi connectivity index (χ0n) is 15.4. The van der Waals surface area contributed by atoms with Crippen LogP contribution in [0.1, 0.15) is 24.1 Å². The minimum absolute atomic E-state index is 0.0319. The molecule has 3 rings (SSSR count). The topological polar surface area (TPSA) is 84.4 Å². The number of ether oxygens (including phenoxy) is 1. The summed E-state index contributed by atoms with van der Waals surface area (Å²) in [6.45, 7) is 1.45. The number of carbonyl (C=O) groups is 2. The number of amides is 2. The third-order valence-corrected chi connectivity index (χ3v) is 4.79. The van der Waals surface area contributed by atoms with Gasteiger partial charge in [-0.1, -0.05) is 12.1 Å². The first kappa shape index (κ1) is 18.8. The molecule has 7 nitrogen and oxygen atoms in total. The van der Waals surface area contributed by atoms with Gasteiger partial charge in [-0.2, -0.15) is 0 Å². The molecule has 1 aliphatic heterocycles. The summed E-state index contributed by atoms with van der Waals surface area (Å²) < 4.78 is 5.16. The molecule has 1 saturated heterocycles. The smallest absolute Gasteiger partial charge is 0.225 e. The Morgan fingerprint density at radius 1 is 1.30 bits per heavy atom. The molecule has 142 valence electrons. The fourth-order valence-electron chi connectivity index (χ4n) is 3.15. The quantitative estimate of drug-likeness (QED) is 0.802. The maximum atomic E-state index is 12.5. The van der Waals surface area contributed by atoms with Crippen LogP contribution in [-0.2, 0) is 22.6 Å². The van der Waals surface area contributed by atoms with E-state index in [-0.39, 0.29) is 17.7 Å². The molecule has 0 spiro atoms. The van der Waals surface area contributed by atoms with Crippen molar-refractivity contribution in [1.29, 1.82) is 0 Å². The van der Waals surface area contributed by atoms with Crippen LogP contribution in [-0.4, -0.2) is 46.9 Å². The summed E-state index contributed by atoms with van der Waals surface area (Å²) in [5.41, 5.74) is 1.90. The number of piperidine rings is 1. The van der Waals surface area contributed by atoms with E-state index in [4.69, 9.17) is 4.74 Å². The second-order valence-electron chi connectivity index (χ2n) is 6.59. The number of nitrogens with zero attached hydrogens (tertiary/aromatic N) is 3. The van der Waals surface area contributed by atoms with Crippen LogP contribution in [0.3, 0.4) is 0 Å². The number of hydrogen-bond acceptors (Lipinski definition) is 5. The lowest BCUT2D eigenvalue weighted by Gasteiger charge is -2.32. The molecule has 1 fully saturated rings. The van der Waals surface area contributed by atoms with Gasteiger partial charge in [0.25, 0.3) is 0 Å². The zero-order chi connectivity index (χ0) is 19.1. The molecular formula is C20H24N4O3. The Hall–Kier alpha value is -2.96. The van der Waals surface area contributed by atoms with E-state index >= 15 is 0 Å². The molecule has 2 amide bonds. The molecule has 2 heterocycles. The van der Waals surface area contributed by atoms with Crippen molar-refractivity contribution in [3.63, 3.8) is 0 Å². The summed E-state index contributed by atoms with van der Waals surface area (Å²) in [5.74, 6) is 0.715. The highest BCUT2D eigenvalue weighted by atomic mass is 16.5. The number of benzene rings is 1. The van der Waals surface area contributed by atoms with Gasteiger partial charge < -0.3 is 15.0 Å². The first-order chi connectivity index (χ1) is 13.2. The van der Waals surface area contributed by atoms with E-state index in [9.17, 15) is 9.59 Å². The third kappa shape index (κ3) is 5.26. The Balaban J connectivity index is 1.50. The summed E-state index contributed by atoms with van der Waals surface area (Å²) in [6, 6.07) is 9.59. The summed E-state index contributed by atoms with van der Waals surface area (Å²) in [6.07, 6.45) is 4.86. The van der Waals surface area contributed by atoms with Crippen LogP contribution in [0.25, 0.3) is 0 Å². The molecule has 0 radical (unpaired) electrons. The van der Waals surface area contributed by atoms with Crippen LogP contribution in [0.2, 0.25) is 0 Å². The van der Waals surface area contributed by atoms with Crippen molar-refractivity contribution in [3.05, 3.63) is 54.1 Å². The number of carbonyl (C=O) groups excluding carboxylic acids is 2. The Morgan fingerprint density at radius 2 is 2.11 bits per heavy atom. The molecule has 1 N–H and O–H groups in total. The van der Waals surface area contributed by atoms with E-state index in [0.717, 1.165) is 23.4 Å². The summed E-state index contributed by atoms with van der Waals surface area (Å²) in [7, 11) is 1.64. The molecule has 1 aliphatic rings. The Labute approximate surface area is 158 Å². The standard InChI is InChI=1S/C20H24N4O3/c1-27-18-5-2-15(3-6-18)9-11-24-13-16(4-7-19(24)25)20(26)22-12-17-8-10-21-14-23-17/h2-3,5-6,8,10,14,16H,4,7,9,11-13H2,1H3,(H,22,26)/t16-/m0/s1. The number of likely N-dealkylation sites (tertiary alicyclic amines) is 1. The van der Waals surface area contributed by atoms with E-state index in [1.165, 1.54) is 6.33 Å². The van der Waals surface area contributed by atoms with Gasteiger partial charge in [0.2, 0.25) is 11.8 Å². The van der Waals surface area contributed by atoms with Gasteiger partial charge in [0.1, 0.15) is 12.1 Å². The first-order valence-electron chi connectivity index (χ1n) is 9.09. The minimum Gasteiger partial charge on any atom is -0.497 e. The molecule has 0 saturated carbocycles. The Bertz CT molecular complexity index is 765. The monoisotopic (exact) mass is 368 g/mol. The van der Waals surface area contributed by atoms with Gasteiger partial charge in [-0.15, -0.1) is 0 Å². The molecule has 0 bridgehead atoms. The normalized spacial score (nSPS) is 16.9. The highest BCUT2D eigenvalue weighted by Gasteiger charge is 2.29. The lowest BCUT2D eigenvalue weighted by Crippen LogP contribution is -2.46. The fourth-order valence-corrected chi connectivity index (χ4v) is 3.15. The van der Waals surface area contributed by atoms with Crippen LogP contribution in [0.4, 0.5) is 0 Å². The van der Waals surface area contributed by atoms with Crippen molar-refractivity contribution in [2.24, 2.45) is 5.92 Å². The number of rotatable bonds is 7. The largest absolute Gasteiger partial charge is 0.497 e. The van der Waals surface area contributed by atoms with Crippen LogP contribution >= 0.6 is 0 Å². The SMILES string of the molecule is COc1ccc(CCN2C[C@@H](C(=O)NCc3ccncn3)CCC2=O)cc1. The summed E-state index contributed by atoms with van der Waals surface area (Å²) in [5, 5.41) is 2.91. The maximum Gasteiger partial charge on any atom is 0.225 e. The van der Waals surface area contributed by atoms with Gasteiger partial charge >= 0.3 is 0 Å². The zero-order valence-corrected chi connectivity index (χ0v) is 15.4. The number of nitrogens with one attached hydrogen (secondary N) is 1. The van der Waals surface area contributed by atoms with E-state index in [0.29, 0.717) is 32.5 Å². The van der Waals surface area contributed by atoms with Crippen molar-refractivity contribution in [2.75, 3.05) is 20.2 Å². The number of hydrogen-bond donors (Lipinski definition) is 1. The second-order valence-corrected chi connectivity index (χ2v) is 6.59. The molecule has 2 aromatic rings. The van der Waals surface area contributed by atoms with Gasteiger partial charge in [0.05, 0.1) is 25.3 Å². The van der Waals surface area contributed by atoms with Crippen LogP contribution < -0.4 is 10.1 Å². The summed E-state index contributed by atoms with van der Waals surface area (Å²) >= 11 is 0. The molecule has 0 unspecified atom stereocenters. The number of methoxy groups -OCH3 is 1. The van der Waals surface area contributed by atoms with Crippen molar-refractivity contribution in [2.45, 2.75) is 25.8 Å². The second kappa shape index (κ2) is 9.12. The van der Waals surface area contributed by atoms with E-state index < -0.39 is 0 Å². The van der Waals surface area contributed by atoms with Gasteiger partial charge in [-0.05, 0) is 36.6 Å². The molecule has 1 aromatic carbocycles. The Morgan fingerprint density at radius 3 is 2.81 bits per heavy atom. The van der Waals surface area contributed by atoms with Gasteiger partial charge in [0, 0.05) is 25.7 Å². The lowest BCUT2D eigenvalue weighted by molar-refractivity contribution is -0.138. The van der Waals surface area contributed by atoms with E-state index in [1.807, 2.05) is 24.3 Å². The van der Waals surface area contributed by atoms with Crippen LogP contribution in [0.15, 0.2) is 42.9 Å². The predicted molar refractivity (Wildman–Crippen MR) is 99.9 cm³/mol. The number of aromatic nitrogens is 2. The predicted octanol–water partition coefficient (Wildman–Crippen LogP) is 1.58. The van der Waals surface area contributed by atoms with E-state index in [2.05, 4.69) is 15.3 Å². The van der Waals surface area contributed by atoms with Crippen molar-refractivity contribution < 1.29 is 14.3 Å². The molecule has 0 aliphatic carbocycles. The van der Waals surface area contributed by atoms with Crippen molar-refractivity contribution >= 4 is 11.8 Å². The van der Waals surface area contributed by atoms with Crippen LogP contribution in [0.5, 0.6) is 5.75 Å². The van der Waals surface area contributed by atoms with Crippen LogP contribution in [0, 0.1) is 5.92 Å². The molecular weight excluding hydrogens is 344 g/mol. The van der Waals surface area contributed by atoms with Crippen molar-refractivity contribution in [3.8, 4) is 5.75 Å². The first-order valence-corrected chi connectivity index (χ1v) is 9.09. The minimum atomic E-state index is -0.180. The third-order valence-electron chi connectivity index (χ3n) is 4.79. The average molecular weight is 368 g/mol. The molecule has 1 atom stereocenters. The molecule has 27 heavy (non-hydrogen) atoms. The Kier molecular flexibility index (Phi) is 6.35.